The van der Waals surface area contributed by atoms with Crippen LogP contribution in [0, 0.1) is 0 Å². The number of nitrogens with one attached hydrogen (secondary N) is 1. The lowest BCUT2D eigenvalue weighted by atomic mass is 10.2. The molecule has 2 nitrogen and oxygen atoms in total. The fourth-order valence-electron chi connectivity index (χ4n) is 1.08. The number of carbonyl (C=O) groups is 1. The number of alkyl halides is 3. The second kappa shape index (κ2) is 4.63. The monoisotopic (exact) mass is 315 g/mol. The largest absolute Gasteiger partial charge is 0.417 e. The summed E-state index contributed by atoms with van der Waals surface area (Å²) >= 11 is 8.33. The van der Waals surface area contributed by atoms with Crippen molar-refractivity contribution in [2.45, 2.75) is 13.1 Å². The molecule has 0 unspecified atom stereocenters. The van der Waals surface area contributed by atoms with Crippen LogP contribution < -0.4 is 5.32 Å². The highest BCUT2D eigenvalue weighted by Crippen LogP contribution is 2.40. The van der Waals surface area contributed by atoms with Crippen LogP contribution in [0.3, 0.4) is 0 Å². The van der Waals surface area contributed by atoms with Crippen LogP contribution in [0.5, 0.6) is 0 Å². The zero-order chi connectivity index (χ0) is 12.5. The van der Waals surface area contributed by atoms with Gasteiger partial charge in [0.25, 0.3) is 0 Å². The minimum absolute atomic E-state index is 0.00711. The van der Waals surface area contributed by atoms with Gasteiger partial charge in [-0.1, -0.05) is 11.6 Å². The van der Waals surface area contributed by atoms with Crippen molar-refractivity contribution in [3.05, 3.63) is 27.2 Å². The maximum absolute atomic E-state index is 12.5. The second-order valence-electron chi connectivity index (χ2n) is 2.99. The Labute approximate surface area is 103 Å². The van der Waals surface area contributed by atoms with E-state index in [1.54, 1.807) is 0 Å². The molecular weight excluding hydrogens is 310 g/mol. The van der Waals surface area contributed by atoms with Crippen molar-refractivity contribution >= 4 is 39.1 Å². The third-order valence-electron chi connectivity index (χ3n) is 1.65. The SMILES string of the molecule is CC(=O)Nc1cc(Cl)cc(C(F)(F)F)c1Br. The van der Waals surface area contributed by atoms with Crippen molar-refractivity contribution in [1.82, 2.24) is 0 Å². The Morgan fingerprint density at radius 1 is 1.44 bits per heavy atom. The summed E-state index contributed by atoms with van der Waals surface area (Å²) in [6, 6.07) is 2.03. The van der Waals surface area contributed by atoms with Crippen LogP contribution in [0.4, 0.5) is 18.9 Å². The molecular formula is C9H6BrClF3NO. The molecule has 1 rings (SSSR count). The van der Waals surface area contributed by atoms with Crippen molar-refractivity contribution in [3.63, 3.8) is 0 Å². The maximum Gasteiger partial charge on any atom is 0.417 e. The molecule has 0 saturated carbocycles. The van der Waals surface area contributed by atoms with Gasteiger partial charge in [-0.25, -0.2) is 0 Å². The predicted octanol–water partition coefficient (Wildman–Crippen LogP) is 4.08. The van der Waals surface area contributed by atoms with Crippen LogP contribution in [0.1, 0.15) is 12.5 Å². The number of benzene rings is 1. The minimum Gasteiger partial charge on any atom is -0.325 e. The third-order valence-corrected chi connectivity index (χ3v) is 2.73. The van der Waals surface area contributed by atoms with E-state index in [0.717, 1.165) is 6.07 Å². The first-order chi connectivity index (χ1) is 7.21. The van der Waals surface area contributed by atoms with Gasteiger partial charge in [0.15, 0.2) is 0 Å². The molecule has 1 N–H and O–H groups in total. The molecule has 0 heterocycles. The van der Waals surface area contributed by atoms with Crippen molar-refractivity contribution < 1.29 is 18.0 Å². The summed E-state index contributed by atoms with van der Waals surface area (Å²) < 4.78 is 37.4. The first-order valence-corrected chi connectivity index (χ1v) is 5.22. The summed E-state index contributed by atoms with van der Waals surface area (Å²) in [7, 11) is 0. The van der Waals surface area contributed by atoms with Gasteiger partial charge in [0.1, 0.15) is 0 Å². The van der Waals surface area contributed by atoms with E-state index in [2.05, 4.69) is 21.2 Å². The van der Waals surface area contributed by atoms with E-state index in [1.807, 2.05) is 0 Å². The highest BCUT2D eigenvalue weighted by Gasteiger charge is 2.34. The number of rotatable bonds is 1. The third kappa shape index (κ3) is 3.12. The van der Waals surface area contributed by atoms with Crippen molar-refractivity contribution in [3.8, 4) is 0 Å². The predicted molar refractivity (Wildman–Crippen MR) is 58.5 cm³/mol. The van der Waals surface area contributed by atoms with Crippen LogP contribution in [-0.2, 0) is 11.0 Å². The lowest BCUT2D eigenvalue weighted by Crippen LogP contribution is -2.11. The highest BCUT2D eigenvalue weighted by atomic mass is 79.9. The lowest BCUT2D eigenvalue weighted by molar-refractivity contribution is -0.138. The number of hydrogen-bond acceptors (Lipinski definition) is 1. The fraction of sp³-hybridized carbons (Fsp3) is 0.222. The molecule has 0 aliphatic rings. The van der Waals surface area contributed by atoms with Crippen LogP contribution in [-0.4, -0.2) is 5.91 Å². The normalized spacial score (nSPS) is 11.4. The smallest absolute Gasteiger partial charge is 0.325 e. The molecule has 0 spiro atoms. The summed E-state index contributed by atoms with van der Waals surface area (Å²) in [6.45, 7) is 1.20. The van der Waals surface area contributed by atoms with Crippen LogP contribution in [0.25, 0.3) is 0 Å². The van der Waals surface area contributed by atoms with Crippen molar-refractivity contribution in [1.29, 1.82) is 0 Å². The van der Waals surface area contributed by atoms with Gasteiger partial charge in [0.05, 0.1) is 15.7 Å². The molecule has 7 heteroatoms. The molecule has 1 aromatic rings. The Balaban J connectivity index is 3.32. The van der Waals surface area contributed by atoms with Gasteiger partial charge >= 0.3 is 6.18 Å². The Morgan fingerprint density at radius 2 is 2.00 bits per heavy atom. The summed E-state index contributed by atoms with van der Waals surface area (Å²) in [5.41, 5.74) is -0.934. The van der Waals surface area contributed by atoms with E-state index in [0.29, 0.717) is 0 Å². The number of amides is 1. The summed E-state index contributed by atoms with van der Waals surface area (Å²) in [5, 5.41) is 2.16. The molecule has 0 aromatic heterocycles. The topological polar surface area (TPSA) is 29.1 Å². The standard InChI is InChI=1S/C9H6BrClF3NO/c1-4(16)15-7-3-5(11)2-6(8(7)10)9(12,13)14/h2-3H,1H3,(H,15,16). The van der Waals surface area contributed by atoms with Gasteiger partial charge in [-0.2, -0.15) is 13.2 Å². The number of carbonyl (C=O) groups excluding carboxylic acids is 1. The quantitative estimate of drug-likeness (QED) is 0.831. The minimum atomic E-state index is -4.53. The summed E-state index contributed by atoms with van der Waals surface area (Å²) in [5.74, 6) is -0.476. The summed E-state index contributed by atoms with van der Waals surface area (Å²) in [6.07, 6.45) is -4.53. The van der Waals surface area contributed by atoms with Gasteiger partial charge in [-0.05, 0) is 28.1 Å². The van der Waals surface area contributed by atoms with Crippen LogP contribution in [0.15, 0.2) is 16.6 Å². The molecule has 88 valence electrons. The first kappa shape index (κ1) is 13.3. The van der Waals surface area contributed by atoms with E-state index < -0.39 is 17.6 Å². The molecule has 0 atom stereocenters. The molecule has 0 aliphatic heterocycles. The van der Waals surface area contributed by atoms with Crippen LogP contribution >= 0.6 is 27.5 Å². The van der Waals surface area contributed by atoms with Gasteiger partial charge in [-0.15, -0.1) is 0 Å². The Morgan fingerprint density at radius 3 is 2.44 bits per heavy atom. The fourth-order valence-corrected chi connectivity index (χ4v) is 1.85. The average molecular weight is 317 g/mol. The van der Waals surface area contributed by atoms with Crippen molar-refractivity contribution in [2.24, 2.45) is 0 Å². The van der Waals surface area contributed by atoms with E-state index in [1.165, 1.54) is 13.0 Å². The molecule has 0 fully saturated rings. The Hall–Kier alpha value is -0.750. The van der Waals surface area contributed by atoms with E-state index >= 15 is 0 Å². The molecule has 16 heavy (non-hydrogen) atoms. The van der Waals surface area contributed by atoms with Crippen molar-refractivity contribution in [2.75, 3.05) is 5.32 Å². The number of anilines is 1. The zero-order valence-electron chi connectivity index (χ0n) is 7.95. The molecule has 0 aliphatic carbocycles. The lowest BCUT2D eigenvalue weighted by Gasteiger charge is -2.13. The van der Waals surface area contributed by atoms with E-state index in [9.17, 15) is 18.0 Å². The van der Waals surface area contributed by atoms with Crippen LogP contribution in [0.2, 0.25) is 5.02 Å². The van der Waals surface area contributed by atoms with Gasteiger partial charge in [0, 0.05) is 11.9 Å². The van der Waals surface area contributed by atoms with Gasteiger partial charge in [0.2, 0.25) is 5.91 Å². The average Bonchev–Trinajstić information content (AvgIpc) is 2.07. The molecule has 1 amide bonds. The molecule has 0 saturated heterocycles. The second-order valence-corrected chi connectivity index (χ2v) is 4.22. The number of halogens is 5. The van der Waals surface area contributed by atoms with Gasteiger partial charge in [-0.3, -0.25) is 4.79 Å². The first-order valence-electron chi connectivity index (χ1n) is 4.05. The van der Waals surface area contributed by atoms with Gasteiger partial charge < -0.3 is 5.32 Å². The van der Waals surface area contributed by atoms with E-state index in [4.69, 9.17) is 11.6 Å². The van der Waals surface area contributed by atoms with E-state index in [-0.39, 0.29) is 15.2 Å². The highest BCUT2D eigenvalue weighted by molar-refractivity contribution is 9.10. The summed E-state index contributed by atoms with van der Waals surface area (Å²) in [4.78, 5) is 10.8. The Kier molecular flexibility index (Phi) is 3.85. The molecule has 0 bridgehead atoms. The zero-order valence-corrected chi connectivity index (χ0v) is 10.3. The maximum atomic E-state index is 12.5. The Bertz CT molecular complexity index is 433. The number of hydrogen-bond donors (Lipinski definition) is 1. The molecule has 1 aromatic carbocycles. The molecule has 0 radical (unpaired) electrons.